The monoisotopic (exact) mass is 285 g/mol. The van der Waals surface area contributed by atoms with Gasteiger partial charge in [-0.25, -0.2) is 0 Å². The van der Waals surface area contributed by atoms with Crippen molar-refractivity contribution in [3.63, 3.8) is 0 Å². The number of rotatable bonds is 7. The second kappa shape index (κ2) is 6.76. The van der Waals surface area contributed by atoms with Crippen LogP contribution in [0, 0.1) is 5.92 Å². The van der Waals surface area contributed by atoms with E-state index in [4.69, 9.17) is 4.74 Å². The molecule has 0 aromatic rings. The summed E-state index contributed by atoms with van der Waals surface area (Å²) in [5, 5.41) is 10.6. The SMILES string of the molecule is CCCCN(CC1C(O)C(C)(C)OC1(C)C)C(C)CC. The molecule has 0 bridgehead atoms. The second-order valence-electron chi connectivity index (χ2n) is 7.47. The Morgan fingerprint density at radius 1 is 1.15 bits per heavy atom. The summed E-state index contributed by atoms with van der Waals surface area (Å²) in [5.74, 6) is 0.170. The van der Waals surface area contributed by atoms with E-state index in [0.717, 1.165) is 19.5 Å². The van der Waals surface area contributed by atoms with Crippen LogP contribution in [0.4, 0.5) is 0 Å². The first-order valence-electron chi connectivity index (χ1n) is 8.28. The van der Waals surface area contributed by atoms with E-state index in [-0.39, 0.29) is 11.5 Å². The van der Waals surface area contributed by atoms with Crippen LogP contribution in [0.2, 0.25) is 0 Å². The number of aliphatic hydroxyl groups is 1. The summed E-state index contributed by atoms with van der Waals surface area (Å²) in [5.41, 5.74) is -0.707. The van der Waals surface area contributed by atoms with Crippen LogP contribution < -0.4 is 0 Å². The molecule has 3 unspecified atom stereocenters. The van der Waals surface area contributed by atoms with Gasteiger partial charge in [-0.2, -0.15) is 0 Å². The number of unbranched alkanes of at least 4 members (excludes halogenated alkanes) is 1. The predicted molar refractivity (Wildman–Crippen MR) is 85.0 cm³/mol. The molecule has 0 saturated carbocycles. The minimum Gasteiger partial charge on any atom is -0.390 e. The van der Waals surface area contributed by atoms with E-state index >= 15 is 0 Å². The number of hydrogen-bond donors (Lipinski definition) is 1. The van der Waals surface area contributed by atoms with Crippen LogP contribution in [0.15, 0.2) is 0 Å². The summed E-state index contributed by atoms with van der Waals surface area (Å²) in [7, 11) is 0. The molecule has 1 rings (SSSR count). The van der Waals surface area contributed by atoms with Crippen LogP contribution >= 0.6 is 0 Å². The predicted octanol–water partition coefficient (Wildman–Crippen LogP) is 3.45. The van der Waals surface area contributed by atoms with E-state index in [9.17, 15) is 5.11 Å². The van der Waals surface area contributed by atoms with Crippen LogP contribution in [-0.2, 0) is 4.74 Å². The molecule has 0 aliphatic carbocycles. The Labute approximate surface area is 125 Å². The highest BCUT2D eigenvalue weighted by Crippen LogP contribution is 2.42. The fourth-order valence-electron chi connectivity index (χ4n) is 3.36. The van der Waals surface area contributed by atoms with Gasteiger partial charge in [-0.15, -0.1) is 0 Å². The Hall–Kier alpha value is -0.120. The molecule has 1 heterocycles. The number of ether oxygens (including phenoxy) is 1. The summed E-state index contributed by atoms with van der Waals surface area (Å²) in [6, 6.07) is 0.563. The summed E-state index contributed by atoms with van der Waals surface area (Å²) < 4.78 is 6.10. The third-order valence-electron chi connectivity index (χ3n) is 4.96. The van der Waals surface area contributed by atoms with E-state index in [2.05, 4.69) is 39.5 Å². The Bertz CT molecular complexity index is 301. The minimum atomic E-state index is -0.444. The average Bonchev–Trinajstić information content (AvgIpc) is 2.50. The molecule has 3 heteroatoms. The molecule has 0 aromatic heterocycles. The Balaban J connectivity index is 2.81. The van der Waals surface area contributed by atoms with Crippen LogP contribution in [0.3, 0.4) is 0 Å². The van der Waals surface area contributed by atoms with Crippen LogP contribution in [-0.4, -0.2) is 46.4 Å². The van der Waals surface area contributed by atoms with Gasteiger partial charge in [-0.1, -0.05) is 20.3 Å². The Morgan fingerprint density at radius 3 is 2.15 bits per heavy atom. The molecule has 120 valence electrons. The Morgan fingerprint density at radius 2 is 1.75 bits per heavy atom. The van der Waals surface area contributed by atoms with Gasteiger partial charge in [0.2, 0.25) is 0 Å². The smallest absolute Gasteiger partial charge is 0.0896 e. The molecule has 1 N–H and O–H groups in total. The number of hydrogen-bond acceptors (Lipinski definition) is 3. The number of aliphatic hydroxyl groups excluding tert-OH is 1. The van der Waals surface area contributed by atoms with Crippen molar-refractivity contribution in [1.82, 2.24) is 4.90 Å². The molecular weight excluding hydrogens is 250 g/mol. The summed E-state index contributed by atoms with van der Waals surface area (Å²) in [4.78, 5) is 2.53. The summed E-state index contributed by atoms with van der Waals surface area (Å²) in [6.07, 6.45) is 3.19. The van der Waals surface area contributed by atoms with Crippen molar-refractivity contribution in [3.05, 3.63) is 0 Å². The fourth-order valence-corrected chi connectivity index (χ4v) is 3.36. The van der Waals surface area contributed by atoms with Crippen LogP contribution in [0.25, 0.3) is 0 Å². The van der Waals surface area contributed by atoms with Crippen LogP contribution in [0.5, 0.6) is 0 Å². The zero-order valence-electron chi connectivity index (χ0n) is 14.6. The molecule has 1 fully saturated rings. The maximum atomic E-state index is 10.6. The lowest BCUT2D eigenvalue weighted by Gasteiger charge is -2.35. The molecule has 1 aliphatic rings. The van der Waals surface area contributed by atoms with E-state index in [0.29, 0.717) is 6.04 Å². The lowest BCUT2D eigenvalue weighted by atomic mass is 9.84. The third-order valence-corrected chi connectivity index (χ3v) is 4.96. The molecular formula is C17H35NO2. The van der Waals surface area contributed by atoms with Gasteiger partial charge in [-0.05, 0) is 54.0 Å². The number of nitrogens with zero attached hydrogens (tertiary/aromatic N) is 1. The highest BCUT2D eigenvalue weighted by Gasteiger charge is 2.53. The lowest BCUT2D eigenvalue weighted by Crippen LogP contribution is -2.46. The topological polar surface area (TPSA) is 32.7 Å². The summed E-state index contributed by atoms with van der Waals surface area (Å²) in [6.45, 7) is 17.0. The molecule has 1 aliphatic heterocycles. The molecule has 0 amide bonds. The van der Waals surface area contributed by atoms with Crippen molar-refractivity contribution >= 4 is 0 Å². The molecule has 1 saturated heterocycles. The fraction of sp³-hybridized carbons (Fsp3) is 1.00. The summed E-state index contributed by atoms with van der Waals surface area (Å²) >= 11 is 0. The van der Waals surface area contributed by atoms with Crippen molar-refractivity contribution in [2.75, 3.05) is 13.1 Å². The van der Waals surface area contributed by atoms with Gasteiger partial charge < -0.3 is 14.7 Å². The molecule has 0 aromatic carbocycles. The van der Waals surface area contributed by atoms with Crippen molar-refractivity contribution in [1.29, 1.82) is 0 Å². The molecule has 3 atom stereocenters. The normalized spacial score (nSPS) is 29.9. The first-order chi connectivity index (χ1) is 9.15. The largest absolute Gasteiger partial charge is 0.390 e. The third kappa shape index (κ3) is 3.96. The standard InChI is InChI=1S/C17H35NO2/c1-8-10-11-18(13(3)9-2)12-14-15(19)17(6,7)20-16(14,4)5/h13-15,19H,8-12H2,1-7H3. The van der Waals surface area contributed by atoms with Gasteiger partial charge in [0, 0.05) is 18.5 Å². The maximum absolute atomic E-state index is 10.6. The van der Waals surface area contributed by atoms with Gasteiger partial charge in [0.05, 0.1) is 17.3 Å². The first-order valence-corrected chi connectivity index (χ1v) is 8.28. The van der Waals surface area contributed by atoms with Gasteiger partial charge in [0.1, 0.15) is 0 Å². The zero-order valence-corrected chi connectivity index (χ0v) is 14.6. The Kier molecular flexibility index (Phi) is 6.06. The van der Waals surface area contributed by atoms with Crippen LogP contribution in [0.1, 0.15) is 67.7 Å². The lowest BCUT2D eigenvalue weighted by molar-refractivity contribution is -0.0915. The quantitative estimate of drug-likeness (QED) is 0.777. The van der Waals surface area contributed by atoms with E-state index in [1.165, 1.54) is 12.8 Å². The van der Waals surface area contributed by atoms with E-state index < -0.39 is 11.7 Å². The molecule has 20 heavy (non-hydrogen) atoms. The minimum absolute atomic E-state index is 0.170. The highest BCUT2D eigenvalue weighted by molar-refractivity contribution is 5.02. The average molecular weight is 285 g/mol. The van der Waals surface area contributed by atoms with E-state index in [1.54, 1.807) is 0 Å². The van der Waals surface area contributed by atoms with Crippen molar-refractivity contribution in [3.8, 4) is 0 Å². The molecule has 0 spiro atoms. The van der Waals surface area contributed by atoms with Gasteiger partial charge >= 0.3 is 0 Å². The van der Waals surface area contributed by atoms with Gasteiger partial charge in [0.25, 0.3) is 0 Å². The van der Waals surface area contributed by atoms with Crippen molar-refractivity contribution < 1.29 is 9.84 Å². The van der Waals surface area contributed by atoms with Crippen molar-refractivity contribution in [2.24, 2.45) is 5.92 Å². The van der Waals surface area contributed by atoms with Gasteiger partial charge in [-0.3, -0.25) is 0 Å². The second-order valence-corrected chi connectivity index (χ2v) is 7.47. The highest BCUT2D eigenvalue weighted by atomic mass is 16.5. The molecule has 0 radical (unpaired) electrons. The van der Waals surface area contributed by atoms with Crippen molar-refractivity contribution in [2.45, 2.75) is 91.1 Å². The molecule has 3 nitrogen and oxygen atoms in total. The van der Waals surface area contributed by atoms with Gasteiger partial charge in [0.15, 0.2) is 0 Å². The first kappa shape index (κ1) is 17.9. The maximum Gasteiger partial charge on any atom is 0.0896 e. The zero-order chi connectivity index (χ0) is 15.6. The van der Waals surface area contributed by atoms with E-state index in [1.807, 2.05) is 13.8 Å².